The van der Waals surface area contributed by atoms with Crippen molar-refractivity contribution < 1.29 is 9.59 Å². The van der Waals surface area contributed by atoms with E-state index in [1.807, 2.05) is 12.1 Å². The van der Waals surface area contributed by atoms with Gasteiger partial charge >= 0.3 is 0 Å². The summed E-state index contributed by atoms with van der Waals surface area (Å²) in [4.78, 5) is 34.3. The van der Waals surface area contributed by atoms with Crippen molar-refractivity contribution in [1.82, 2.24) is 14.8 Å². The van der Waals surface area contributed by atoms with Crippen molar-refractivity contribution >= 4 is 17.6 Å². The summed E-state index contributed by atoms with van der Waals surface area (Å²) in [6.07, 6.45) is 4.08. The summed E-state index contributed by atoms with van der Waals surface area (Å²) in [7, 11) is 0. The molecule has 0 atom stereocenters. The Morgan fingerprint density at radius 3 is 2.17 bits per heavy atom. The summed E-state index contributed by atoms with van der Waals surface area (Å²) >= 11 is 0. The zero-order valence-corrected chi connectivity index (χ0v) is 14.6. The number of anilines is 1. The summed E-state index contributed by atoms with van der Waals surface area (Å²) in [6, 6.07) is 3.83. The first-order chi connectivity index (χ1) is 11.5. The summed E-state index contributed by atoms with van der Waals surface area (Å²) < 4.78 is 0. The maximum atomic E-state index is 12.6. The summed E-state index contributed by atoms with van der Waals surface area (Å²) in [5, 5.41) is 0. The lowest BCUT2D eigenvalue weighted by molar-refractivity contribution is -0.130. The number of nitrogens with zero attached hydrogens (tertiary/aromatic N) is 4. The van der Waals surface area contributed by atoms with Crippen LogP contribution in [0.2, 0.25) is 0 Å². The molecule has 3 heterocycles. The minimum Gasteiger partial charge on any atom is -0.357 e. The maximum Gasteiger partial charge on any atom is 0.255 e. The Bertz CT molecular complexity index is 586. The number of rotatable bonds is 2. The highest BCUT2D eigenvalue weighted by molar-refractivity contribution is 5.94. The van der Waals surface area contributed by atoms with Crippen LogP contribution in [0.5, 0.6) is 0 Å². The maximum absolute atomic E-state index is 12.6. The molecule has 6 heteroatoms. The minimum atomic E-state index is 0.00418. The van der Waals surface area contributed by atoms with E-state index < -0.39 is 0 Å². The first kappa shape index (κ1) is 16.7. The van der Waals surface area contributed by atoms with Crippen LogP contribution in [0.4, 0.5) is 5.82 Å². The number of piperazine rings is 1. The van der Waals surface area contributed by atoms with E-state index in [1.165, 1.54) is 12.8 Å². The normalized spacial score (nSPS) is 19.5. The number of hydrogen-bond acceptors (Lipinski definition) is 4. The van der Waals surface area contributed by atoms with Crippen molar-refractivity contribution in [2.45, 2.75) is 26.7 Å². The average molecular weight is 330 g/mol. The summed E-state index contributed by atoms with van der Waals surface area (Å²) in [5.41, 5.74) is 0.625. The third kappa shape index (κ3) is 3.68. The molecule has 0 bridgehead atoms. The first-order valence-corrected chi connectivity index (χ1v) is 8.80. The van der Waals surface area contributed by atoms with Crippen molar-refractivity contribution in [2.24, 2.45) is 5.92 Å². The molecule has 0 aliphatic carbocycles. The van der Waals surface area contributed by atoms with Gasteiger partial charge in [-0.2, -0.15) is 0 Å². The second-order valence-corrected chi connectivity index (χ2v) is 6.87. The Morgan fingerprint density at radius 1 is 1.00 bits per heavy atom. The fourth-order valence-corrected chi connectivity index (χ4v) is 3.34. The third-order valence-corrected chi connectivity index (χ3v) is 5.11. The molecule has 2 aliphatic rings. The van der Waals surface area contributed by atoms with Gasteiger partial charge in [0.1, 0.15) is 5.82 Å². The van der Waals surface area contributed by atoms with Gasteiger partial charge in [-0.25, -0.2) is 4.98 Å². The molecule has 2 aliphatic heterocycles. The molecule has 6 nitrogen and oxygen atoms in total. The molecule has 0 aromatic carbocycles. The van der Waals surface area contributed by atoms with Crippen LogP contribution < -0.4 is 4.90 Å². The highest BCUT2D eigenvalue weighted by atomic mass is 16.2. The number of piperidine rings is 1. The molecule has 0 spiro atoms. The van der Waals surface area contributed by atoms with E-state index in [0.717, 1.165) is 24.8 Å². The molecular weight excluding hydrogens is 304 g/mol. The van der Waals surface area contributed by atoms with Gasteiger partial charge < -0.3 is 14.7 Å². The molecule has 0 saturated carbocycles. The standard InChI is InChI=1S/C18H26N4O2/c1-14-5-7-21(8-6-14)17-4-3-16(13-19-17)18(24)22-11-9-20(10-12-22)15(2)23/h3-4,13-14H,5-12H2,1-2H3. The lowest BCUT2D eigenvalue weighted by Gasteiger charge is -2.34. The topological polar surface area (TPSA) is 56.8 Å². The van der Waals surface area contributed by atoms with E-state index >= 15 is 0 Å². The number of carbonyl (C=O) groups excluding carboxylic acids is 2. The first-order valence-electron chi connectivity index (χ1n) is 8.80. The van der Waals surface area contributed by atoms with Crippen LogP contribution >= 0.6 is 0 Å². The zero-order chi connectivity index (χ0) is 17.1. The average Bonchev–Trinajstić information content (AvgIpc) is 2.62. The zero-order valence-electron chi connectivity index (χ0n) is 14.6. The Labute approximate surface area is 143 Å². The number of amides is 2. The Kier molecular flexibility index (Phi) is 5.02. The van der Waals surface area contributed by atoms with Crippen LogP contribution in [0, 0.1) is 5.92 Å². The van der Waals surface area contributed by atoms with E-state index in [2.05, 4.69) is 16.8 Å². The van der Waals surface area contributed by atoms with Gasteiger partial charge in [-0.05, 0) is 30.9 Å². The van der Waals surface area contributed by atoms with Crippen molar-refractivity contribution in [2.75, 3.05) is 44.2 Å². The molecule has 0 unspecified atom stereocenters. The number of aromatic nitrogens is 1. The lowest BCUT2D eigenvalue weighted by Crippen LogP contribution is -2.50. The fourth-order valence-electron chi connectivity index (χ4n) is 3.34. The van der Waals surface area contributed by atoms with Gasteiger partial charge in [0, 0.05) is 52.4 Å². The molecular formula is C18H26N4O2. The monoisotopic (exact) mass is 330 g/mol. The van der Waals surface area contributed by atoms with E-state index in [4.69, 9.17) is 0 Å². The predicted octanol–water partition coefficient (Wildman–Crippen LogP) is 1.62. The van der Waals surface area contributed by atoms with Gasteiger partial charge in [-0.15, -0.1) is 0 Å². The second kappa shape index (κ2) is 7.20. The number of hydrogen-bond donors (Lipinski definition) is 0. The summed E-state index contributed by atoms with van der Waals surface area (Å²) in [5.74, 6) is 1.82. The minimum absolute atomic E-state index is 0.00418. The third-order valence-electron chi connectivity index (χ3n) is 5.11. The Hall–Kier alpha value is -2.11. The highest BCUT2D eigenvalue weighted by Gasteiger charge is 2.24. The molecule has 1 aromatic heterocycles. The Morgan fingerprint density at radius 2 is 1.62 bits per heavy atom. The fraction of sp³-hybridized carbons (Fsp3) is 0.611. The van der Waals surface area contributed by atoms with Gasteiger partial charge in [-0.1, -0.05) is 6.92 Å². The molecule has 1 aromatic rings. The number of carbonyl (C=O) groups is 2. The van der Waals surface area contributed by atoms with Gasteiger partial charge in [0.15, 0.2) is 0 Å². The van der Waals surface area contributed by atoms with Gasteiger partial charge in [0.05, 0.1) is 5.56 Å². The molecule has 3 rings (SSSR count). The summed E-state index contributed by atoms with van der Waals surface area (Å²) in [6.45, 7) is 8.33. The molecule has 2 amide bonds. The molecule has 0 radical (unpaired) electrons. The smallest absolute Gasteiger partial charge is 0.255 e. The van der Waals surface area contributed by atoms with E-state index in [-0.39, 0.29) is 11.8 Å². The SMILES string of the molecule is CC(=O)N1CCN(C(=O)c2ccc(N3CCC(C)CC3)nc2)CC1. The van der Waals surface area contributed by atoms with Crippen LogP contribution in [0.25, 0.3) is 0 Å². The van der Waals surface area contributed by atoms with Crippen molar-refractivity contribution in [3.05, 3.63) is 23.9 Å². The predicted molar refractivity (Wildman–Crippen MR) is 93.0 cm³/mol. The van der Waals surface area contributed by atoms with Crippen molar-refractivity contribution in [1.29, 1.82) is 0 Å². The van der Waals surface area contributed by atoms with Crippen LogP contribution in [0.15, 0.2) is 18.3 Å². The Balaban J connectivity index is 1.59. The van der Waals surface area contributed by atoms with Gasteiger partial charge in [-0.3, -0.25) is 9.59 Å². The van der Waals surface area contributed by atoms with E-state index in [0.29, 0.717) is 31.7 Å². The van der Waals surface area contributed by atoms with Gasteiger partial charge in [0.2, 0.25) is 5.91 Å². The van der Waals surface area contributed by atoms with Gasteiger partial charge in [0.25, 0.3) is 5.91 Å². The molecule has 2 fully saturated rings. The lowest BCUT2D eigenvalue weighted by atomic mass is 9.99. The van der Waals surface area contributed by atoms with Crippen molar-refractivity contribution in [3.8, 4) is 0 Å². The highest BCUT2D eigenvalue weighted by Crippen LogP contribution is 2.21. The molecule has 24 heavy (non-hydrogen) atoms. The van der Waals surface area contributed by atoms with Crippen molar-refractivity contribution in [3.63, 3.8) is 0 Å². The van der Waals surface area contributed by atoms with Crippen LogP contribution in [-0.4, -0.2) is 65.9 Å². The quantitative estimate of drug-likeness (QED) is 0.827. The van der Waals surface area contributed by atoms with E-state index in [9.17, 15) is 9.59 Å². The number of pyridine rings is 1. The molecule has 0 N–H and O–H groups in total. The second-order valence-electron chi connectivity index (χ2n) is 6.87. The van der Waals surface area contributed by atoms with Crippen LogP contribution in [-0.2, 0) is 4.79 Å². The molecule has 130 valence electrons. The van der Waals surface area contributed by atoms with Crippen LogP contribution in [0.3, 0.4) is 0 Å². The van der Waals surface area contributed by atoms with E-state index in [1.54, 1.807) is 22.9 Å². The molecule has 2 saturated heterocycles. The van der Waals surface area contributed by atoms with Crippen LogP contribution in [0.1, 0.15) is 37.0 Å². The largest absolute Gasteiger partial charge is 0.357 e.